The number of hydrogen-bond acceptors (Lipinski definition) is 5. The van der Waals surface area contributed by atoms with Gasteiger partial charge in [-0.15, -0.1) is 5.10 Å². The van der Waals surface area contributed by atoms with Crippen molar-refractivity contribution in [3.63, 3.8) is 0 Å². The SMILES string of the molecule is CC1(C(=O)O)CCN(C(=O)c2cc(Cl)ccc2-n2cnnn2)C1. The van der Waals surface area contributed by atoms with Gasteiger partial charge >= 0.3 is 5.97 Å². The number of aromatic nitrogens is 4. The Morgan fingerprint density at radius 3 is 2.78 bits per heavy atom. The van der Waals surface area contributed by atoms with Gasteiger partial charge in [-0.1, -0.05) is 11.6 Å². The molecule has 1 unspecified atom stereocenters. The number of benzene rings is 1. The Labute approximate surface area is 136 Å². The van der Waals surface area contributed by atoms with Crippen LogP contribution in [0.15, 0.2) is 24.5 Å². The maximum Gasteiger partial charge on any atom is 0.311 e. The number of carbonyl (C=O) groups excluding carboxylic acids is 1. The van der Waals surface area contributed by atoms with E-state index in [1.165, 1.54) is 22.0 Å². The lowest BCUT2D eigenvalue weighted by atomic mass is 9.90. The zero-order valence-electron chi connectivity index (χ0n) is 12.3. The molecule has 0 saturated carbocycles. The number of carboxylic acid groups (broad SMARTS) is 1. The van der Waals surface area contributed by atoms with Crippen LogP contribution in [0.25, 0.3) is 5.69 Å². The normalized spacial score (nSPS) is 20.7. The van der Waals surface area contributed by atoms with E-state index in [0.717, 1.165) is 0 Å². The van der Waals surface area contributed by atoms with Crippen LogP contribution in [0.1, 0.15) is 23.7 Å². The van der Waals surface area contributed by atoms with Crippen molar-refractivity contribution >= 4 is 23.5 Å². The van der Waals surface area contributed by atoms with E-state index in [4.69, 9.17) is 11.6 Å². The number of hydrogen-bond donors (Lipinski definition) is 1. The van der Waals surface area contributed by atoms with Gasteiger partial charge < -0.3 is 10.0 Å². The number of likely N-dealkylation sites (tertiary alicyclic amines) is 1. The molecule has 1 aliphatic heterocycles. The molecule has 0 spiro atoms. The fourth-order valence-electron chi connectivity index (χ4n) is 2.63. The van der Waals surface area contributed by atoms with E-state index < -0.39 is 11.4 Å². The van der Waals surface area contributed by atoms with Crippen molar-refractivity contribution in [1.82, 2.24) is 25.1 Å². The molecule has 120 valence electrons. The third-order valence-electron chi connectivity index (χ3n) is 4.06. The predicted octanol–water partition coefficient (Wildman–Crippen LogP) is 1.25. The lowest BCUT2D eigenvalue weighted by Crippen LogP contribution is -2.35. The minimum atomic E-state index is -0.927. The third-order valence-corrected chi connectivity index (χ3v) is 4.30. The Kier molecular flexibility index (Phi) is 3.77. The Morgan fingerprint density at radius 1 is 1.39 bits per heavy atom. The smallest absolute Gasteiger partial charge is 0.311 e. The topological polar surface area (TPSA) is 101 Å². The van der Waals surface area contributed by atoms with Crippen molar-refractivity contribution in [3.05, 3.63) is 35.1 Å². The van der Waals surface area contributed by atoms with Crippen molar-refractivity contribution in [2.75, 3.05) is 13.1 Å². The van der Waals surface area contributed by atoms with Gasteiger partial charge in [-0.3, -0.25) is 9.59 Å². The first-order valence-corrected chi connectivity index (χ1v) is 7.34. The minimum absolute atomic E-state index is 0.155. The van der Waals surface area contributed by atoms with Crippen LogP contribution in [0, 0.1) is 5.41 Å². The van der Waals surface area contributed by atoms with Crippen molar-refractivity contribution in [1.29, 1.82) is 0 Å². The first-order valence-electron chi connectivity index (χ1n) is 6.96. The maximum atomic E-state index is 12.8. The predicted molar refractivity (Wildman–Crippen MR) is 80.4 cm³/mol. The summed E-state index contributed by atoms with van der Waals surface area (Å²) >= 11 is 6.01. The van der Waals surface area contributed by atoms with Crippen LogP contribution >= 0.6 is 11.6 Å². The van der Waals surface area contributed by atoms with E-state index in [1.807, 2.05) is 0 Å². The molecule has 1 aromatic heterocycles. The molecule has 1 atom stereocenters. The summed E-state index contributed by atoms with van der Waals surface area (Å²) in [5.41, 5.74) is -0.101. The number of carbonyl (C=O) groups is 2. The molecule has 2 aromatic rings. The zero-order valence-corrected chi connectivity index (χ0v) is 13.1. The summed E-state index contributed by atoms with van der Waals surface area (Å²) in [7, 11) is 0. The van der Waals surface area contributed by atoms with Gasteiger partial charge in [0.2, 0.25) is 0 Å². The number of nitrogens with zero attached hydrogens (tertiary/aromatic N) is 5. The van der Waals surface area contributed by atoms with Crippen LogP contribution in [-0.2, 0) is 4.79 Å². The monoisotopic (exact) mass is 335 g/mol. The van der Waals surface area contributed by atoms with Gasteiger partial charge in [0, 0.05) is 18.1 Å². The van der Waals surface area contributed by atoms with Crippen LogP contribution in [0.2, 0.25) is 5.02 Å². The van der Waals surface area contributed by atoms with Crippen LogP contribution in [0.3, 0.4) is 0 Å². The number of halogens is 1. The highest BCUT2D eigenvalue weighted by Gasteiger charge is 2.42. The summed E-state index contributed by atoms with van der Waals surface area (Å²) < 4.78 is 1.37. The van der Waals surface area contributed by atoms with E-state index in [0.29, 0.717) is 29.2 Å². The van der Waals surface area contributed by atoms with Crippen molar-refractivity contribution in [2.45, 2.75) is 13.3 Å². The van der Waals surface area contributed by atoms with Gasteiger partial charge in [0.15, 0.2) is 0 Å². The summed E-state index contributed by atoms with van der Waals surface area (Å²) in [5.74, 6) is -1.19. The number of rotatable bonds is 3. The number of aliphatic carboxylic acids is 1. The quantitative estimate of drug-likeness (QED) is 0.906. The van der Waals surface area contributed by atoms with E-state index in [-0.39, 0.29) is 12.5 Å². The molecule has 1 N–H and O–H groups in total. The molecule has 8 nitrogen and oxygen atoms in total. The number of amides is 1. The Balaban J connectivity index is 1.95. The average Bonchev–Trinajstić information content (AvgIpc) is 3.17. The first kappa shape index (κ1) is 15.4. The maximum absolute atomic E-state index is 12.8. The molecule has 0 aliphatic carbocycles. The second-order valence-corrected chi connectivity index (χ2v) is 6.19. The molecule has 3 rings (SSSR count). The molecule has 9 heteroatoms. The van der Waals surface area contributed by atoms with Crippen LogP contribution < -0.4 is 0 Å². The van der Waals surface area contributed by atoms with Gasteiger partial charge in [0.05, 0.1) is 16.7 Å². The number of carboxylic acids is 1. The molecule has 23 heavy (non-hydrogen) atoms. The molecule has 1 amide bonds. The molecule has 1 saturated heterocycles. The molecule has 0 radical (unpaired) electrons. The van der Waals surface area contributed by atoms with Crippen molar-refractivity contribution < 1.29 is 14.7 Å². The van der Waals surface area contributed by atoms with Crippen LogP contribution in [0.5, 0.6) is 0 Å². The van der Waals surface area contributed by atoms with Crippen LogP contribution in [-0.4, -0.2) is 55.2 Å². The van der Waals surface area contributed by atoms with E-state index in [9.17, 15) is 14.7 Å². The first-order chi connectivity index (χ1) is 10.9. The minimum Gasteiger partial charge on any atom is -0.481 e. The lowest BCUT2D eigenvalue weighted by molar-refractivity contribution is -0.147. The highest BCUT2D eigenvalue weighted by molar-refractivity contribution is 6.31. The summed E-state index contributed by atoms with van der Waals surface area (Å²) in [5, 5.41) is 20.6. The Hall–Kier alpha value is -2.48. The fourth-order valence-corrected chi connectivity index (χ4v) is 2.80. The van der Waals surface area contributed by atoms with Gasteiger partial charge in [0.1, 0.15) is 6.33 Å². The summed E-state index contributed by atoms with van der Waals surface area (Å²) in [6, 6.07) is 4.83. The standard InChI is InChI=1S/C14H14ClN5O3/c1-14(13(22)23)4-5-19(7-14)12(21)10-6-9(15)2-3-11(10)20-8-16-17-18-20/h2-3,6,8H,4-5,7H2,1H3,(H,22,23). The van der Waals surface area contributed by atoms with Gasteiger partial charge in [0.25, 0.3) is 5.91 Å². The van der Waals surface area contributed by atoms with E-state index in [2.05, 4.69) is 15.5 Å². The Morgan fingerprint density at radius 2 is 2.17 bits per heavy atom. The highest BCUT2D eigenvalue weighted by Crippen LogP contribution is 2.32. The lowest BCUT2D eigenvalue weighted by Gasteiger charge is -2.21. The highest BCUT2D eigenvalue weighted by atomic mass is 35.5. The zero-order chi connectivity index (χ0) is 16.6. The molecule has 1 aromatic carbocycles. The summed E-state index contributed by atoms with van der Waals surface area (Å²) in [4.78, 5) is 25.7. The van der Waals surface area contributed by atoms with E-state index >= 15 is 0 Å². The van der Waals surface area contributed by atoms with Gasteiger partial charge in [-0.2, -0.15) is 4.68 Å². The molecular weight excluding hydrogens is 322 g/mol. The fraction of sp³-hybridized carbons (Fsp3) is 0.357. The third kappa shape index (κ3) is 2.77. The summed E-state index contributed by atoms with van der Waals surface area (Å²) in [6.45, 7) is 2.18. The average molecular weight is 336 g/mol. The molecular formula is C14H14ClN5O3. The van der Waals surface area contributed by atoms with Crippen LogP contribution in [0.4, 0.5) is 0 Å². The van der Waals surface area contributed by atoms with Gasteiger partial charge in [-0.25, -0.2) is 0 Å². The number of tetrazole rings is 1. The molecule has 0 bridgehead atoms. The Bertz CT molecular complexity index is 764. The largest absolute Gasteiger partial charge is 0.481 e. The van der Waals surface area contributed by atoms with Crippen molar-refractivity contribution in [3.8, 4) is 5.69 Å². The van der Waals surface area contributed by atoms with E-state index in [1.54, 1.807) is 19.1 Å². The van der Waals surface area contributed by atoms with Crippen molar-refractivity contribution in [2.24, 2.45) is 5.41 Å². The summed E-state index contributed by atoms with van der Waals surface area (Å²) in [6.07, 6.45) is 1.79. The van der Waals surface area contributed by atoms with Gasteiger partial charge in [-0.05, 0) is 42.0 Å². The second kappa shape index (κ2) is 5.62. The molecule has 1 fully saturated rings. The second-order valence-electron chi connectivity index (χ2n) is 5.76. The molecule has 2 heterocycles. The molecule has 1 aliphatic rings.